The minimum absolute atomic E-state index is 0.0191. The van der Waals surface area contributed by atoms with Gasteiger partial charge in [0.05, 0.1) is 24.0 Å². The van der Waals surface area contributed by atoms with Gasteiger partial charge in [-0.1, -0.05) is 0 Å². The fourth-order valence-corrected chi connectivity index (χ4v) is 2.33. The first-order chi connectivity index (χ1) is 7.49. The van der Waals surface area contributed by atoms with Gasteiger partial charge in [0.2, 0.25) is 5.91 Å². The van der Waals surface area contributed by atoms with Gasteiger partial charge in [-0.15, -0.1) is 0 Å². The molecule has 0 radical (unpaired) electrons. The van der Waals surface area contributed by atoms with Crippen LogP contribution in [0.3, 0.4) is 0 Å². The summed E-state index contributed by atoms with van der Waals surface area (Å²) in [6.07, 6.45) is 0.568. The van der Waals surface area contributed by atoms with E-state index in [0.717, 1.165) is 0 Å². The number of amides is 1. The quantitative estimate of drug-likeness (QED) is 0.739. The first kappa shape index (κ1) is 11.4. The number of hydrogen-bond acceptors (Lipinski definition) is 3. The Morgan fingerprint density at radius 3 is 2.19 bits per heavy atom. The zero-order valence-corrected chi connectivity index (χ0v) is 9.55. The number of carbonyl (C=O) groups excluding carboxylic acids is 1. The van der Waals surface area contributed by atoms with E-state index in [-0.39, 0.29) is 24.0 Å². The molecule has 0 aromatic heterocycles. The number of ether oxygens (including phenoxy) is 1. The van der Waals surface area contributed by atoms with Crippen LogP contribution in [0.4, 0.5) is 0 Å². The first-order valence-corrected chi connectivity index (χ1v) is 5.66. The second-order valence-corrected chi connectivity index (χ2v) is 4.79. The van der Waals surface area contributed by atoms with Gasteiger partial charge >= 0.3 is 5.97 Å². The van der Waals surface area contributed by atoms with Crippen LogP contribution in [0.25, 0.3) is 0 Å². The number of carbonyl (C=O) groups is 2. The average Bonchev–Trinajstić information content (AvgIpc) is 2.94. The Kier molecular flexibility index (Phi) is 2.88. The maximum Gasteiger partial charge on any atom is 0.307 e. The molecule has 4 atom stereocenters. The second-order valence-electron chi connectivity index (χ2n) is 4.79. The van der Waals surface area contributed by atoms with Crippen molar-refractivity contribution in [3.8, 4) is 0 Å². The molecule has 1 aliphatic carbocycles. The minimum Gasteiger partial charge on any atom is -0.481 e. The van der Waals surface area contributed by atoms with Crippen molar-refractivity contribution in [2.75, 3.05) is 13.1 Å². The van der Waals surface area contributed by atoms with Gasteiger partial charge in [-0.2, -0.15) is 0 Å². The summed E-state index contributed by atoms with van der Waals surface area (Å²) in [5.41, 5.74) is 0. The van der Waals surface area contributed by atoms with Crippen LogP contribution in [-0.4, -0.2) is 47.2 Å². The van der Waals surface area contributed by atoms with Gasteiger partial charge < -0.3 is 14.7 Å². The standard InChI is InChI=1S/C11H17NO4/c1-6-4-12(5-7(2)16-6)10(13)8-3-9(8)11(14)15/h6-9H,3-5H2,1-2H3,(H,14,15)/t6-,7+,8-,9+/m1/s1. The Bertz CT molecular complexity index is 307. The van der Waals surface area contributed by atoms with Crippen LogP contribution in [0.2, 0.25) is 0 Å². The molecule has 5 nitrogen and oxygen atoms in total. The molecular weight excluding hydrogens is 210 g/mol. The van der Waals surface area contributed by atoms with Crippen LogP contribution in [0.5, 0.6) is 0 Å². The zero-order chi connectivity index (χ0) is 11.9. The number of morpholine rings is 1. The van der Waals surface area contributed by atoms with Crippen molar-refractivity contribution in [3.63, 3.8) is 0 Å². The molecule has 1 heterocycles. The third-order valence-corrected chi connectivity index (χ3v) is 3.16. The Hall–Kier alpha value is -1.10. The molecule has 0 bridgehead atoms. The first-order valence-electron chi connectivity index (χ1n) is 5.66. The molecule has 0 aromatic carbocycles. The molecule has 1 saturated heterocycles. The molecule has 2 rings (SSSR count). The van der Waals surface area contributed by atoms with Crippen LogP contribution in [0.15, 0.2) is 0 Å². The minimum atomic E-state index is -0.854. The Morgan fingerprint density at radius 1 is 1.19 bits per heavy atom. The molecule has 16 heavy (non-hydrogen) atoms. The largest absolute Gasteiger partial charge is 0.481 e. The summed E-state index contributed by atoms with van der Waals surface area (Å²) in [4.78, 5) is 24.4. The van der Waals surface area contributed by atoms with E-state index in [2.05, 4.69) is 0 Å². The number of carboxylic acid groups (broad SMARTS) is 1. The fraction of sp³-hybridized carbons (Fsp3) is 0.818. The van der Waals surface area contributed by atoms with E-state index in [1.807, 2.05) is 13.8 Å². The highest BCUT2D eigenvalue weighted by molar-refractivity contribution is 5.89. The topological polar surface area (TPSA) is 66.8 Å². The lowest BCUT2D eigenvalue weighted by Gasteiger charge is -2.35. The molecule has 1 N–H and O–H groups in total. The van der Waals surface area contributed by atoms with Crippen molar-refractivity contribution in [1.82, 2.24) is 4.90 Å². The number of aliphatic carboxylic acids is 1. The Labute approximate surface area is 94.4 Å². The van der Waals surface area contributed by atoms with Gasteiger partial charge in [0, 0.05) is 13.1 Å². The average molecular weight is 227 g/mol. The molecule has 0 spiro atoms. The SMILES string of the molecule is C[C@@H]1CN(C(=O)[C@@H]2C[C@@H]2C(=O)O)C[C@H](C)O1. The lowest BCUT2D eigenvalue weighted by Crippen LogP contribution is -2.49. The molecule has 0 unspecified atom stereocenters. The third-order valence-electron chi connectivity index (χ3n) is 3.16. The van der Waals surface area contributed by atoms with Gasteiger partial charge in [-0.25, -0.2) is 0 Å². The number of nitrogens with zero attached hydrogens (tertiary/aromatic N) is 1. The van der Waals surface area contributed by atoms with E-state index >= 15 is 0 Å². The molecule has 2 fully saturated rings. The predicted octanol–water partition coefficient (Wildman–Crippen LogP) is 0.343. The molecule has 1 aliphatic heterocycles. The van der Waals surface area contributed by atoms with Crippen molar-refractivity contribution in [1.29, 1.82) is 0 Å². The van der Waals surface area contributed by atoms with Crippen LogP contribution >= 0.6 is 0 Å². The van der Waals surface area contributed by atoms with Gasteiger partial charge in [-0.05, 0) is 20.3 Å². The van der Waals surface area contributed by atoms with E-state index in [1.165, 1.54) is 0 Å². The Balaban J connectivity index is 1.93. The van der Waals surface area contributed by atoms with Crippen LogP contribution in [0.1, 0.15) is 20.3 Å². The lowest BCUT2D eigenvalue weighted by molar-refractivity contribution is -0.147. The maximum atomic E-state index is 12.0. The number of carboxylic acids is 1. The van der Waals surface area contributed by atoms with E-state index in [0.29, 0.717) is 19.5 Å². The highest BCUT2D eigenvalue weighted by Crippen LogP contribution is 2.40. The molecule has 5 heteroatoms. The monoisotopic (exact) mass is 227 g/mol. The molecular formula is C11H17NO4. The smallest absolute Gasteiger partial charge is 0.307 e. The lowest BCUT2D eigenvalue weighted by atomic mass is 10.2. The van der Waals surface area contributed by atoms with Crippen LogP contribution in [0, 0.1) is 11.8 Å². The van der Waals surface area contributed by atoms with E-state index in [1.54, 1.807) is 4.90 Å². The van der Waals surface area contributed by atoms with Crippen molar-refractivity contribution in [2.24, 2.45) is 11.8 Å². The van der Waals surface area contributed by atoms with Crippen LogP contribution in [-0.2, 0) is 14.3 Å². The second kappa shape index (κ2) is 4.05. The summed E-state index contributed by atoms with van der Waals surface area (Å²) in [5, 5.41) is 8.78. The van der Waals surface area contributed by atoms with Crippen molar-refractivity contribution >= 4 is 11.9 Å². The molecule has 90 valence electrons. The summed E-state index contributed by atoms with van der Waals surface area (Å²) in [6, 6.07) is 0. The van der Waals surface area contributed by atoms with Crippen molar-refractivity contribution in [3.05, 3.63) is 0 Å². The molecule has 0 aromatic rings. The van der Waals surface area contributed by atoms with Crippen LogP contribution < -0.4 is 0 Å². The van der Waals surface area contributed by atoms with E-state index in [4.69, 9.17) is 9.84 Å². The zero-order valence-electron chi connectivity index (χ0n) is 9.55. The fourth-order valence-electron chi connectivity index (χ4n) is 2.33. The van der Waals surface area contributed by atoms with Gasteiger partial charge in [-0.3, -0.25) is 9.59 Å². The number of hydrogen-bond donors (Lipinski definition) is 1. The summed E-state index contributed by atoms with van der Waals surface area (Å²) in [5.74, 6) is -1.63. The number of rotatable bonds is 2. The van der Waals surface area contributed by atoms with Crippen molar-refractivity contribution < 1.29 is 19.4 Å². The Morgan fingerprint density at radius 2 is 1.75 bits per heavy atom. The third kappa shape index (κ3) is 2.19. The van der Waals surface area contributed by atoms with Gasteiger partial charge in [0.15, 0.2) is 0 Å². The summed E-state index contributed by atoms with van der Waals surface area (Å²) in [6.45, 7) is 5.01. The molecule has 1 saturated carbocycles. The summed E-state index contributed by atoms with van der Waals surface area (Å²) >= 11 is 0. The highest BCUT2D eigenvalue weighted by Gasteiger charge is 2.50. The molecule has 2 aliphatic rings. The normalized spacial score (nSPS) is 38.2. The highest BCUT2D eigenvalue weighted by atomic mass is 16.5. The maximum absolute atomic E-state index is 12.0. The van der Waals surface area contributed by atoms with Gasteiger partial charge in [0.25, 0.3) is 0 Å². The van der Waals surface area contributed by atoms with Crippen molar-refractivity contribution in [2.45, 2.75) is 32.5 Å². The molecule has 1 amide bonds. The van der Waals surface area contributed by atoms with E-state index < -0.39 is 11.9 Å². The predicted molar refractivity (Wildman–Crippen MR) is 55.8 cm³/mol. The summed E-state index contributed by atoms with van der Waals surface area (Å²) < 4.78 is 5.53. The summed E-state index contributed by atoms with van der Waals surface area (Å²) in [7, 11) is 0. The van der Waals surface area contributed by atoms with E-state index in [9.17, 15) is 9.59 Å². The van der Waals surface area contributed by atoms with Gasteiger partial charge in [0.1, 0.15) is 0 Å².